The van der Waals surface area contributed by atoms with Crippen molar-refractivity contribution in [3.63, 3.8) is 0 Å². The van der Waals surface area contributed by atoms with E-state index in [1.165, 1.54) is 0 Å². The number of alkyl carbamates (subject to hydrolysis) is 1. The van der Waals surface area contributed by atoms with Crippen molar-refractivity contribution >= 4 is 12.1 Å². The van der Waals surface area contributed by atoms with Gasteiger partial charge in [-0.2, -0.15) is 0 Å². The number of carbonyl (C=O) groups is 2. The summed E-state index contributed by atoms with van der Waals surface area (Å²) >= 11 is 0. The summed E-state index contributed by atoms with van der Waals surface area (Å²) in [7, 11) is 0. The van der Waals surface area contributed by atoms with Gasteiger partial charge in [0.2, 0.25) is 0 Å². The molecule has 1 unspecified atom stereocenters. The Hall–Kier alpha value is -2.04. The van der Waals surface area contributed by atoms with Crippen LogP contribution in [-0.2, 0) is 21.5 Å². The first-order valence-electron chi connectivity index (χ1n) is 7.57. The summed E-state index contributed by atoms with van der Waals surface area (Å²) in [6.45, 7) is 5.25. The number of amides is 1. The van der Waals surface area contributed by atoms with E-state index in [0.29, 0.717) is 12.0 Å². The third kappa shape index (κ3) is 3.40. The lowest BCUT2D eigenvalue weighted by Crippen LogP contribution is -2.53. The summed E-state index contributed by atoms with van der Waals surface area (Å²) in [5.74, 6) is -1.05. The van der Waals surface area contributed by atoms with Crippen molar-refractivity contribution in [2.75, 3.05) is 0 Å². The number of carbonyl (C=O) groups excluding carboxylic acids is 1. The van der Waals surface area contributed by atoms with E-state index in [1.54, 1.807) is 32.9 Å². The molecule has 5 heteroatoms. The van der Waals surface area contributed by atoms with Gasteiger partial charge in [-0.3, -0.25) is 0 Å². The Kier molecular flexibility index (Phi) is 4.44. The summed E-state index contributed by atoms with van der Waals surface area (Å²) < 4.78 is 5.26. The number of nitrogens with one attached hydrogen (secondary N) is 1. The number of ether oxygens (including phenoxy) is 1. The summed E-state index contributed by atoms with van der Waals surface area (Å²) in [6, 6.07) is 7.41. The van der Waals surface area contributed by atoms with Crippen LogP contribution in [0.3, 0.4) is 0 Å². The first-order valence-corrected chi connectivity index (χ1v) is 7.57. The predicted octanol–water partition coefficient (Wildman–Crippen LogP) is 3.22. The second kappa shape index (κ2) is 5.99. The van der Waals surface area contributed by atoms with E-state index in [0.717, 1.165) is 24.8 Å². The molecule has 120 valence electrons. The highest BCUT2D eigenvalue weighted by Gasteiger charge is 2.44. The summed E-state index contributed by atoms with van der Waals surface area (Å²) in [5.41, 5.74) is -0.465. The number of fused-ring (bicyclic) bond motifs is 1. The lowest BCUT2D eigenvalue weighted by atomic mass is 9.84. The molecule has 0 aliphatic heterocycles. The summed E-state index contributed by atoms with van der Waals surface area (Å²) in [4.78, 5) is 24.2. The second-order valence-corrected chi connectivity index (χ2v) is 6.70. The molecule has 5 nitrogen and oxygen atoms in total. The van der Waals surface area contributed by atoms with Crippen LogP contribution < -0.4 is 5.32 Å². The molecule has 0 bridgehead atoms. The topological polar surface area (TPSA) is 75.6 Å². The predicted molar refractivity (Wildman–Crippen MR) is 82.7 cm³/mol. The molecule has 1 aliphatic rings. The Morgan fingerprint density at radius 2 is 1.91 bits per heavy atom. The van der Waals surface area contributed by atoms with Gasteiger partial charge in [0.1, 0.15) is 5.60 Å². The van der Waals surface area contributed by atoms with Crippen molar-refractivity contribution in [1.29, 1.82) is 0 Å². The molecule has 2 N–H and O–H groups in total. The molecule has 1 amide bonds. The van der Waals surface area contributed by atoms with Gasteiger partial charge in [-0.15, -0.1) is 0 Å². The molecule has 1 aromatic carbocycles. The van der Waals surface area contributed by atoms with Gasteiger partial charge >= 0.3 is 12.1 Å². The molecule has 1 aliphatic carbocycles. The highest BCUT2D eigenvalue weighted by atomic mass is 16.6. The highest BCUT2D eigenvalue weighted by molar-refractivity contribution is 5.86. The minimum atomic E-state index is -1.42. The van der Waals surface area contributed by atoms with Crippen molar-refractivity contribution in [3.8, 4) is 0 Å². The van der Waals surface area contributed by atoms with Crippen LogP contribution in [0.25, 0.3) is 0 Å². The molecule has 0 heterocycles. The lowest BCUT2D eigenvalue weighted by molar-refractivity contribution is -0.145. The molecule has 0 saturated carbocycles. The number of benzene rings is 1. The molecule has 0 radical (unpaired) electrons. The standard InChI is InChI=1S/C17H23NO4/c1-16(2,3)22-15(21)18-17(14(19)20)11-7-6-9-12-8-4-5-10-13(12)17/h4-5,8,10H,6-7,9,11H2,1-3H3,(H,18,21)(H,19,20). The van der Waals surface area contributed by atoms with E-state index in [1.807, 2.05) is 12.1 Å². The van der Waals surface area contributed by atoms with Gasteiger partial charge in [-0.05, 0) is 57.6 Å². The molecule has 0 spiro atoms. The van der Waals surface area contributed by atoms with Crippen LogP contribution in [-0.4, -0.2) is 22.8 Å². The molecule has 22 heavy (non-hydrogen) atoms. The fourth-order valence-corrected chi connectivity index (χ4v) is 2.88. The first kappa shape index (κ1) is 16.3. The minimum Gasteiger partial charge on any atom is -0.479 e. The van der Waals surface area contributed by atoms with E-state index in [4.69, 9.17) is 4.74 Å². The van der Waals surface area contributed by atoms with Gasteiger partial charge in [0.05, 0.1) is 0 Å². The second-order valence-electron chi connectivity index (χ2n) is 6.70. The van der Waals surface area contributed by atoms with Crippen molar-refractivity contribution in [3.05, 3.63) is 35.4 Å². The lowest BCUT2D eigenvalue weighted by Gasteiger charge is -2.32. The zero-order valence-corrected chi connectivity index (χ0v) is 13.3. The fourth-order valence-electron chi connectivity index (χ4n) is 2.88. The molecular formula is C17H23NO4. The monoisotopic (exact) mass is 305 g/mol. The summed E-state index contributed by atoms with van der Waals surface area (Å²) in [5, 5.41) is 12.5. The Bertz CT molecular complexity index is 576. The van der Waals surface area contributed by atoms with Crippen molar-refractivity contribution in [2.45, 2.75) is 57.6 Å². The molecule has 0 aromatic heterocycles. The number of aryl methyl sites for hydroxylation is 1. The van der Waals surface area contributed by atoms with Crippen LogP contribution in [0.15, 0.2) is 24.3 Å². The third-order valence-corrected chi connectivity index (χ3v) is 3.80. The smallest absolute Gasteiger partial charge is 0.408 e. The SMILES string of the molecule is CC(C)(C)OC(=O)NC1(C(=O)O)CCCCc2ccccc21. The number of rotatable bonds is 2. The quantitative estimate of drug-likeness (QED) is 0.823. The average Bonchev–Trinajstić information content (AvgIpc) is 2.58. The van der Waals surface area contributed by atoms with Crippen molar-refractivity contribution in [2.24, 2.45) is 0 Å². The van der Waals surface area contributed by atoms with E-state index < -0.39 is 23.2 Å². The van der Waals surface area contributed by atoms with E-state index in [-0.39, 0.29) is 0 Å². The molecule has 0 saturated heterocycles. The van der Waals surface area contributed by atoms with Gasteiger partial charge in [0.15, 0.2) is 5.54 Å². The van der Waals surface area contributed by atoms with E-state index in [9.17, 15) is 14.7 Å². The Balaban J connectivity index is 2.40. The normalized spacial score (nSPS) is 21.4. The van der Waals surface area contributed by atoms with Crippen LogP contribution >= 0.6 is 0 Å². The third-order valence-electron chi connectivity index (χ3n) is 3.80. The van der Waals surface area contributed by atoms with Crippen molar-refractivity contribution < 1.29 is 19.4 Å². The minimum absolute atomic E-state index is 0.360. The van der Waals surface area contributed by atoms with Crippen LogP contribution in [0.5, 0.6) is 0 Å². The van der Waals surface area contributed by atoms with Crippen molar-refractivity contribution in [1.82, 2.24) is 5.32 Å². The number of aliphatic carboxylic acids is 1. The maximum Gasteiger partial charge on any atom is 0.408 e. The molecule has 0 fully saturated rings. The van der Waals surface area contributed by atoms with Crippen LogP contribution in [0.2, 0.25) is 0 Å². The maximum atomic E-state index is 12.2. The van der Waals surface area contributed by atoms with Gasteiger partial charge in [0.25, 0.3) is 0 Å². The number of carboxylic acids is 1. The number of hydrogen-bond donors (Lipinski definition) is 2. The first-order chi connectivity index (χ1) is 10.2. The van der Waals surface area contributed by atoms with E-state index >= 15 is 0 Å². The van der Waals surface area contributed by atoms with Gasteiger partial charge in [-0.25, -0.2) is 9.59 Å². The Morgan fingerprint density at radius 3 is 2.55 bits per heavy atom. The largest absolute Gasteiger partial charge is 0.479 e. The molecular weight excluding hydrogens is 282 g/mol. The zero-order valence-electron chi connectivity index (χ0n) is 13.3. The summed E-state index contributed by atoms with van der Waals surface area (Å²) in [6.07, 6.45) is 2.12. The van der Waals surface area contributed by atoms with Gasteiger partial charge in [0, 0.05) is 0 Å². The number of carboxylic acid groups (broad SMARTS) is 1. The van der Waals surface area contributed by atoms with E-state index in [2.05, 4.69) is 5.32 Å². The van der Waals surface area contributed by atoms with Crippen LogP contribution in [0.4, 0.5) is 4.79 Å². The molecule has 1 atom stereocenters. The molecule has 2 rings (SSSR count). The van der Waals surface area contributed by atoms with Gasteiger partial charge in [-0.1, -0.05) is 24.3 Å². The fraction of sp³-hybridized carbons (Fsp3) is 0.529. The Morgan fingerprint density at radius 1 is 1.23 bits per heavy atom. The van der Waals surface area contributed by atoms with Crippen LogP contribution in [0.1, 0.15) is 51.2 Å². The molecule has 1 aromatic rings. The zero-order chi connectivity index (χ0) is 16.4. The number of hydrogen-bond acceptors (Lipinski definition) is 3. The van der Waals surface area contributed by atoms with Crippen LogP contribution in [0, 0.1) is 0 Å². The Labute approximate surface area is 130 Å². The van der Waals surface area contributed by atoms with Gasteiger partial charge < -0.3 is 15.2 Å². The highest BCUT2D eigenvalue weighted by Crippen LogP contribution is 2.35. The average molecular weight is 305 g/mol. The maximum absolute atomic E-state index is 12.2.